The number of pyridine rings is 1. The van der Waals surface area contributed by atoms with Crippen molar-refractivity contribution in [1.29, 1.82) is 0 Å². The summed E-state index contributed by atoms with van der Waals surface area (Å²) < 4.78 is 25.9. The van der Waals surface area contributed by atoms with E-state index in [1.807, 2.05) is 13.0 Å². The van der Waals surface area contributed by atoms with Crippen LogP contribution in [0.1, 0.15) is 5.56 Å². The fraction of sp³-hybridized carbons (Fsp3) is 0.0833. The maximum atomic E-state index is 13.2. The molecule has 5 heteroatoms. The van der Waals surface area contributed by atoms with Crippen LogP contribution in [0.15, 0.2) is 46.8 Å². The maximum Gasteiger partial charge on any atom is 0.174 e. The van der Waals surface area contributed by atoms with Crippen molar-refractivity contribution in [1.82, 2.24) is 4.98 Å². The first-order valence-corrected chi connectivity index (χ1v) is 4.94. The first-order valence-electron chi connectivity index (χ1n) is 4.94. The van der Waals surface area contributed by atoms with Crippen LogP contribution in [-0.4, -0.2) is 4.98 Å². The lowest BCUT2D eigenvalue weighted by molar-refractivity contribution is 0.584. The number of aryl methyl sites for hydroxylation is 1. The minimum Gasteiger partial charge on any atom is -0.236 e. The Labute approximate surface area is 96.9 Å². The largest absolute Gasteiger partial charge is 0.236 e. The second-order valence-corrected chi connectivity index (χ2v) is 3.49. The first kappa shape index (κ1) is 11.3. The van der Waals surface area contributed by atoms with Crippen LogP contribution in [-0.2, 0) is 0 Å². The highest BCUT2D eigenvalue weighted by Gasteiger charge is 2.02. The van der Waals surface area contributed by atoms with Crippen molar-refractivity contribution in [2.24, 2.45) is 10.2 Å². The summed E-state index contributed by atoms with van der Waals surface area (Å²) in [6, 6.07) is 6.64. The highest BCUT2D eigenvalue weighted by atomic mass is 19.1. The lowest BCUT2D eigenvalue weighted by Gasteiger charge is -1.96. The molecule has 0 unspecified atom stereocenters. The number of nitrogens with zero attached hydrogens (tertiary/aromatic N) is 3. The van der Waals surface area contributed by atoms with Gasteiger partial charge in [-0.05, 0) is 36.8 Å². The van der Waals surface area contributed by atoms with E-state index in [-0.39, 0.29) is 5.69 Å². The van der Waals surface area contributed by atoms with Gasteiger partial charge in [-0.3, -0.25) is 0 Å². The molecule has 0 atom stereocenters. The van der Waals surface area contributed by atoms with Crippen LogP contribution >= 0.6 is 0 Å². The van der Waals surface area contributed by atoms with Gasteiger partial charge in [-0.1, -0.05) is 0 Å². The van der Waals surface area contributed by atoms with Gasteiger partial charge in [0.1, 0.15) is 11.5 Å². The van der Waals surface area contributed by atoms with Gasteiger partial charge < -0.3 is 0 Å². The molecule has 0 aliphatic rings. The van der Waals surface area contributed by atoms with Gasteiger partial charge in [0.2, 0.25) is 0 Å². The van der Waals surface area contributed by atoms with Crippen molar-refractivity contribution in [3.63, 3.8) is 0 Å². The predicted molar refractivity (Wildman–Crippen MR) is 59.5 cm³/mol. The molecular weight excluding hydrogens is 224 g/mol. The molecule has 1 aromatic heterocycles. The normalized spacial score (nSPS) is 11.0. The van der Waals surface area contributed by atoms with Crippen molar-refractivity contribution in [2.45, 2.75) is 6.92 Å². The molecule has 0 saturated carbocycles. The van der Waals surface area contributed by atoms with Gasteiger partial charge in [0, 0.05) is 12.3 Å². The van der Waals surface area contributed by atoms with E-state index >= 15 is 0 Å². The average Bonchev–Trinajstić information content (AvgIpc) is 2.28. The first-order chi connectivity index (χ1) is 8.15. The third kappa shape index (κ3) is 2.90. The molecule has 1 heterocycles. The van der Waals surface area contributed by atoms with Crippen LogP contribution in [0.5, 0.6) is 0 Å². The zero-order valence-corrected chi connectivity index (χ0v) is 9.06. The molecule has 0 aliphatic heterocycles. The fourth-order valence-corrected chi connectivity index (χ4v) is 1.24. The second kappa shape index (κ2) is 4.78. The lowest BCUT2D eigenvalue weighted by Crippen LogP contribution is -1.79. The van der Waals surface area contributed by atoms with E-state index in [4.69, 9.17) is 0 Å². The molecule has 0 amide bonds. The van der Waals surface area contributed by atoms with E-state index < -0.39 is 11.6 Å². The summed E-state index contributed by atoms with van der Waals surface area (Å²) in [4.78, 5) is 3.94. The highest BCUT2D eigenvalue weighted by molar-refractivity contribution is 5.39. The van der Waals surface area contributed by atoms with E-state index in [1.165, 1.54) is 6.07 Å². The summed E-state index contributed by atoms with van der Waals surface area (Å²) in [5, 5.41) is 7.46. The summed E-state index contributed by atoms with van der Waals surface area (Å²) in [6.45, 7) is 1.89. The van der Waals surface area contributed by atoms with Gasteiger partial charge in [-0.25, -0.2) is 13.8 Å². The smallest absolute Gasteiger partial charge is 0.174 e. The Hall–Kier alpha value is -2.17. The summed E-state index contributed by atoms with van der Waals surface area (Å²) in [6.07, 6.45) is 1.59. The predicted octanol–water partition coefficient (Wildman–Crippen LogP) is 4.08. The monoisotopic (exact) mass is 233 g/mol. The Bertz CT molecular complexity index is 567. The van der Waals surface area contributed by atoms with Crippen molar-refractivity contribution in [2.75, 3.05) is 0 Å². The Balaban J connectivity index is 2.26. The Kier molecular flexibility index (Phi) is 3.18. The fourth-order valence-electron chi connectivity index (χ4n) is 1.24. The topological polar surface area (TPSA) is 37.6 Å². The molecule has 86 valence electrons. The van der Waals surface area contributed by atoms with Gasteiger partial charge in [-0.15, -0.1) is 10.2 Å². The molecule has 0 bridgehead atoms. The zero-order chi connectivity index (χ0) is 12.3. The van der Waals surface area contributed by atoms with Gasteiger partial charge >= 0.3 is 0 Å². The Morgan fingerprint density at radius 2 is 1.88 bits per heavy atom. The van der Waals surface area contributed by atoms with Crippen LogP contribution in [0.3, 0.4) is 0 Å². The van der Waals surface area contributed by atoms with Crippen molar-refractivity contribution < 1.29 is 8.78 Å². The molecule has 0 saturated heterocycles. The van der Waals surface area contributed by atoms with Gasteiger partial charge in [0.05, 0.1) is 0 Å². The molecule has 0 spiro atoms. The summed E-state index contributed by atoms with van der Waals surface area (Å²) >= 11 is 0. The number of benzene rings is 1. The SMILES string of the molecule is Cc1ccnc(N=Nc2ccc(F)cc2F)c1. The molecule has 0 radical (unpaired) electrons. The van der Waals surface area contributed by atoms with Crippen LogP contribution < -0.4 is 0 Å². The summed E-state index contributed by atoms with van der Waals surface area (Å²) in [5.41, 5.74) is 0.961. The molecule has 1 aromatic carbocycles. The Morgan fingerprint density at radius 3 is 2.59 bits per heavy atom. The third-order valence-electron chi connectivity index (χ3n) is 2.07. The van der Waals surface area contributed by atoms with Crippen LogP contribution in [0.25, 0.3) is 0 Å². The molecule has 2 aromatic rings. The van der Waals surface area contributed by atoms with Crippen molar-refractivity contribution >= 4 is 11.5 Å². The quantitative estimate of drug-likeness (QED) is 0.720. The summed E-state index contributed by atoms with van der Waals surface area (Å²) in [5.74, 6) is -1.01. The van der Waals surface area contributed by atoms with Crippen LogP contribution in [0.4, 0.5) is 20.3 Å². The van der Waals surface area contributed by atoms with Gasteiger partial charge in [0.15, 0.2) is 11.6 Å². The number of aromatic nitrogens is 1. The summed E-state index contributed by atoms with van der Waals surface area (Å²) in [7, 11) is 0. The van der Waals surface area contributed by atoms with Crippen LogP contribution in [0, 0.1) is 18.6 Å². The van der Waals surface area contributed by atoms with Crippen molar-refractivity contribution in [3.8, 4) is 0 Å². The molecule has 0 N–H and O–H groups in total. The van der Waals surface area contributed by atoms with E-state index in [2.05, 4.69) is 15.2 Å². The van der Waals surface area contributed by atoms with Crippen LogP contribution in [0.2, 0.25) is 0 Å². The standard InChI is InChI=1S/C12H9F2N3/c1-8-4-5-15-12(6-8)17-16-11-3-2-9(13)7-10(11)14/h2-7H,1H3. The number of azo groups is 1. The van der Waals surface area contributed by atoms with Gasteiger partial charge in [-0.2, -0.15) is 0 Å². The Morgan fingerprint density at radius 1 is 1.06 bits per heavy atom. The minimum atomic E-state index is -0.749. The van der Waals surface area contributed by atoms with E-state index in [9.17, 15) is 8.78 Å². The zero-order valence-electron chi connectivity index (χ0n) is 9.06. The molecule has 0 fully saturated rings. The molecule has 2 rings (SSSR count). The van der Waals surface area contributed by atoms with E-state index in [0.29, 0.717) is 5.82 Å². The third-order valence-corrected chi connectivity index (χ3v) is 2.07. The molecule has 0 aliphatic carbocycles. The second-order valence-electron chi connectivity index (χ2n) is 3.49. The maximum absolute atomic E-state index is 13.2. The van der Waals surface area contributed by atoms with Gasteiger partial charge in [0.25, 0.3) is 0 Å². The molecule has 3 nitrogen and oxygen atoms in total. The number of hydrogen-bond acceptors (Lipinski definition) is 3. The average molecular weight is 233 g/mol. The van der Waals surface area contributed by atoms with E-state index in [1.54, 1.807) is 12.3 Å². The number of halogens is 2. The minimum absolute atomic E-state index is 0.0188. The number of hydrogen-bond donors (Lipinski definition) is 0. The van der Waals surface area contributed by atoms with E-state index in [0.717, 1.165) is 17.7 Å². The lowest BCUT2D eigenvalue weighted by atomic mass is 10.3. The number of rotatable bonds is 2. The molecule has 17 heavy (non-hydrogen) atoms. The molecular formula is C12H9F2N3. The van der Waals surface area contributed by atoms with Crippen molar-refractivity contribution in [3.05, 3.63) is 53.7 Å². The highest BCUT2D eigenvalue weighted by Crippen LogP contribution is 2.21.